The van der Waals surface area contributed by atoms with Gasteiger partial charge in [-0.25, -0.2) is 0 Å². The summed E-state index contributed by atoms with van der Waals surface area (Å²) in [6.45, 7) is 6.69. The van der Waals surface area contributed by atoms with E-state index in [9.17, 15) is 0 Å². The van der Waals surface area contributed by atoms with Gasteiger partial charge in [0.1, 0.15) is 0 Å². The lowest BCUT2D eigenvalue weighted by Gasteiger charge is -2.23. The molecule has 0 saturated carbocycles. The standard InChI is InChI=1S/C10H14N2/c1-2-7-12-8-4-10(3-6-11)5-9-12/h2,4H,1,3,5,7-9H2. The summed E-state index contributed by atoms with van der Waals surface area (Å²) >= 11 is 0. The zero-order chi connectivity index (χ0) is 8.81. The van der Waals surface area contributed by atoms with Crippen LogP contribution in [-0.4, -0.2) is 24.5 Å². The highest BCUT2D eigenvalue weighted by Crippen LogP contribution is 2.12. The number of nitrogens with zero attached hydrogens (tertiary/aromatic N) is 2. The Labute approximate surface area is 73.8 Å². The molecule has 0 N–H and O–H groups in total. The number of rotatable bonds is 3. The summed E-state index contributed by atoms with van der Waals surface area (Å²) in [4.78, 5) is 2.31. The first-order valence-electron chi connectivity index (χ1n) is 4.25. The Morgan fingerprint density at radius 3 is 3.08 bits per heavy atom. The van der Waals surface area contributed by atoms with Crippen LogP contribution in [0.4, 0.5) is 0 Å². The summed E-state index contributed by atoms with van der Waals surface area (Å²) < 4.78 is 0. The molecule has 0 bridgehead atoms. The van der Waals surface area contributed by atoms with Crippen molar-refractivity contribution >= 4 is 0 Å². The van der Waals surface area contributed by atoms with E-state index in [1.54, 1.807) is 0 Å². The molecule has 0 aromatic carbocycles. The highest BCUT2D eigenvalue weighted by molar-refractivity contribution is 5.12. The Bertz CT molecular complexity index is 222. The van der Waals surface area contributed by atoms with Crippen LogP contribution in [0.25, 0.3) is 0 Å². The summed E-state index contributed by atoms with van der Waals surface area (Å²) in [5.74, 6) is 0. The highest BCUT2D eigenvalue weighted by atomic mass is 15.1. The number of hydrogen-bond donors (Lipinski definition) is 0. The molecule has 0 unspecified atom stereocenters. The molecule has 2 nitrogen and oxygen atoms in total. The first-order chi connectivity index (χ1) is 5.86. The molecule has 64 valence electrons. The second kappa shape index (κ2) is 4.74. The molecule has 0 fully saturated rings. The third kappa shape index (κ3) is 2.52. The summed E-state index contributed by atoms with van der Waals surface area (Å²) in [6, 6.07) is 2.18. The lowest BCUT2D eigenvalue weighted by molar-refractivity contribution is 0.324. The van der Waals surface area contributed by atoms with Crippen LogP contribution in [0, 0.1) is 11.3 Å². The van der Waals surface area contributed by atoms with E-state index in [-0.39, 0.29) is 0 Å². The van der Waals surface area contributed by atoms with E-state index < -0.39 is 0 Å². The van der Waals surface area contributed by atoms with Gasteiger partial charge in [-0.2, -0.15) is 5.26 Å². The average Bonchev–Trinajstić information content (AvgIpc) is 2.09. The Balaban J connectivity index is 2.37. The molecule has 0 aromatic rings. The summed E-state index contributed by atoms with van der Waals surface area (Å²) in [5.41, 5.74) is 1.29. The van der Waals surface area contributed by atoms with Crippen LogP contribution in [0.1, 0.15) is 12.8 Å². The van der Waals surface area contributed by atoms with Gasteiger partial charge in [0.15, 0.2) is 0 Å². The van der Waals surface area contributed by atoms with Crippen LogP contribution in [0.15, 0.2) is 24.3 Å². The van der Waals surface area contributed by atoms with E-state index >= 15 is 0 Å². The maximum Gasteiger partial charge on any atom is 0.0666 e. The minimum absolute atomic E-state index is 0.599. The third-order valence-corrected chi connectivity index (χ3v) is 2.08. The lowest BCUT2D eigenvalue weighted by atomic mass is 10.1. The second-order valence-corrected chi connectivity index (χ2v) is 3.00. The number of hydrogen-bond acceptors (Lipinski definition) is 2. The molecule has 0 atom stereocenters. The van der Waals surface area contributed by atoms with E-state index in [1.165, 1.54) is 5.57 Å². The van der Waals surface area contributed by atoms with Crippen LogP contribution in [0.3, 0.4) is 0 Å². The van der Waals surface area contributed by atoms with Gasteiger partial charge < -0.3 is 0 Å². The fourth-order valence-electron chi connectivity index (χ4n) is 1.36. The van der Waals surface area contributed by atoms with E-state index in [4.69, 9.17) is 5.26 Å². The minimum Gasteiger partial charge on any atom is -0.296 e. The van der Waals surface area contributed by atoms with Gasteiger partial charge in [0.2, 0.25) is 0 Å². The molecule has 0 aromatic heterocycles. The monoisotopic (exact) mass is 162 g/mol. The van der Waals surface area contributed by atoms with E-state index in [0.717, 1.165) is 26.1 Å². The second-order valence-electron chi connectivity index (χ2n) is 3.00. The SMILES string of the molecule is C=CCN1CC=C(CC#N)CC1. The smallest absolute Gasteiger partial charge is 0.0666 e. The van der Waals surface area contributed by atoms with Gasteiger partial charge in [-0.15, -0.1) is 6.58 Å². The Hall–Kier alpha value is -1.07. The zero-order valence-electron chi connectivity index (χ0n) is 7.29. The molecule has 12 heavy (non-hydrogen) atoms. The molecule has 0 saturated heterocycles. The van der Waals surface area contributed by atoms with Crippen LogP contribution >= 0.6 is 0 Å². The van der Waals surface area contributed by atoms with E-state index in [1.807, 2.05) is 6.08 Å². The van der Waals surface area contributed by atoms with E-state index in [0.29, 0.717) is 6.42 Å². The summed E-state index contributed by atoms with van der Waals surface area (Å²) in [5, 5.41) is 8.47. The molecule has 0 radical (unpaired) electrons. The van der Waals surface area contributed by atoms with Gasteiger partial charge in [-0.1, -0.05) is 17.7 Å². The molecule has 1 aliphatic heterocycles. The molecule has 1 heterocycles. The molecular formula is C10H14N2. The van der Waals surface area contributed by atoms with Crippen LogP contribution < -0.4 is 0 Å². The Kier molecular flexibility index (Phi) is 3.56. The zero-order valence-corrected chi connectivity index (χ0v) is 7.29. The summed E-state index contributed by atoms with van der Waals surface area (Å²) in [6.07, 6.45) is 5.72. The van der Waals surface area contributed by atoms with Gasteiger partial charge in [0.05, 0.1) is 12.5 Å². The van der Waals surface area contributed by atoms with Crippen molar-refractivity contribution in [2.24, 2.45) is 0 Å². The van der Waals surface area contributed by atoms with Crippen LogP contribution in [0.2, 0.25) is 0 Å². The molecule has 0 amide bonds. The quantitative estimate of drug-likeness (QED) is 0.591. The van der Waals surface area contributed by atoms with Gasteiger partial charge in [0.25, 0.3) is 0 Å². The Morgan fingerprint density at radius 2 is 2.58 bits per heavy atom. The minimum atomic E-state index is 0.599. The Morgan fingerprint density at radius 1 is 1.75 bits per heavy atom. The largest absolute Gasteiger partial charge is 0.296 e. The molecular weight excluding hydrogens is 148 g/mol. The van der Waals surface area contributed by atoms with Crippen molar-refractivity contribution in [2.45, 2.75) is 12.8 Å². The maximum absolute atomic E-state index is 8.47. The predicted octanol–water partition coefficient (Wildman–Crippen LogP) is 1.72. The van der Waals surface area contributed by atoms with Gasteiger partial charge in [0, 0.05) is 19.6 Å². The molecule has 1 rings (SSSR count). The fourth-order valence-corrected chi connectivity index (χ4v) is 1.36. The molecule has 0 aliphatic carbocycles. The highest BCUT2D eigenvalue weighted by Gasteiger charge is 2.08. The summed E-state index contributed by atoms with van der Waals surface area (Å²) in [7, 11) is 0. The van der Waals surface area contributed by atoms with Gasteiger partial charge in [-0.3, -0.25) is 4.90 Å². The molecule has 2 heteroatoms. The normalized spacial score (nSPS) is 18.1. The van der Waals surface area contributed by atoms with E-state index in [2.05, 4.69) is 23.6 Å². The molecule has 1 aliphatic rings. The van der Waals surface area contributed by atoms with Crippen molar-refractivity contribution in [1.29, 1.82) is 5.26 Å². The van der Waals surface area contributed by atoms with Crippen molar-refractivity contribution in [3.63, 3.8) is 0 Å². The topological polar surface area (TPSA) is 27.0 Å². The van der Waals surface area contributed by atoms with Crippen molar-refractivity contribution in [2.75, 3.05) is 19.6 Å². The average molecular weight is 162 g/mol. The predicted molar refractivity (Wildman–Crippen MR) is 49.6 cm³/mol. The number of nitriles is 1. The first kappa shape index (κ1) is 9.02. The van der Waals surface area contributed by atoms with Crippen molar-refractivity contribution in [3.05, 3.63) is 24.3 Å². The van der Waals surface area contributed by atoms with Gasteiger partial charge >= 0.3 is 0 Å². The van der Waals surface area contributed by atoms with Gasteiger partial charge in [-0.05, 0) is 6.42 Å². The van der Waals surface area contributed by atoms with Crippen molar-refractivity contribution in [3.8, 4) is 6.07 Å². The van der Waals surface area contributed by atoms with Crippen molar-refractivity contribution in [1.82, 2.24) is 4.90 Å². The first-order valence-corrected chi connectivity index (χ1v) is 4.25. The third-order valence-electron chi connectivity index (χ3n) is 2.08. The van der Waals surface area contributed by atoms with Crippen LogP contribution in [-0.2, 0) is 0 Å². The fraction of sp³-hybridized carbons (Fsp3) is 0.500. The molecule has 0 spiro atoms. The maximum atomic E-state index is 8.47. The van der Waals surface area contributed by atoms with Crippen LogP contribution in [0.5, 0.6) is 0 Å². The lowest BCUT2D eigenvalue weighted by Crippen LogP contribution is -2.28. The van der Waals surface area contributed by atoms with Crippen molar-refractivity contribution < 1.29 is 0 Å².